The fourth-order valence-corrected chi connectivity index (χ4v) is 3.50. The molecule has 0 saturated heterocycles. The molecule has 0 fully saturated rings. The largest absolute Gasteiger partial charge is 0.416 e. The van der Waals surface area contributed by atoms with Crippen molar-refractivity contribution in [3.63, 3.8) is 0 Å². The van der Waals surface area contributed by atoms with Crippen molar-refractivity contribution in [3.8, 4) is 0 Å². The molecule has 0 radical (unpaired) electrons. The number of hydrogen-bond donors (Lipinski definition) is 0. The van der Waals surface area contributed by atoms with Crippen LogP contribution in [-0.4, -0.2) is 10.5 Å². The average molecular weight is 370 g/mol. The molecule has 138 valence electrons. The highest BCUT2D eigenvalue weighted by Crippen LogP contribution is 2.33. The maximum absolute atomic E-state index is 13.1. The predicted octanol–water partition coefficient (Wildman–Crippen LogP) is 4.80. The number of aryl methyl sites for hydroxylation is 1. The summed E-state index contributed by atoms with van der Waals surface area (Å²) in [6.45, 7) is 0.382. The Hall–Kier alpha value is -3.02. The van der Waals surface area contributed by atoms with E-state index >= 15 is 0 Å². The second-order valence-electron chi connectivity index (χ2n) is 6.67. The molecule has 4 rings (SSSR count). The van der Waals surface area contributed by atoms with Gasteiger partial charge < -0.3 is 9.47 Å². The van der Waals surface area contributed by atoms with E-state index in [4.69, 9.17) is 0 Å². The van der Waals surface area contributed by atoms with Gasteiger partial charge in [0.05, 0.1) is 12.1 Å². The first-order valence-corrected chi connectivity index (χ1v) is 8.54. The number of alkyl halides is 3. The zero-order valence-electron chi connectivity index (χ0n) is 14.6. The molecule has 3 nitrogen and oxygen atoms in total. The van der Waals surface area contributed by atoms with Crippen LogP contribution >= 0.6 is 0 Å². The fourth-order valence-electron chi connectivity index (χ4n) is 3.50. The maximum Gasteiger partial charge on any atom is 0.416 e. The number of benzene rings is 2. The van der Waals surface area contributed by atoms with Crippen LogP contribution in [0.15, 0.2) is 60.8 Å². The molecule has 1 aliphatic heterocycles. The topological polar surface area (TPSA) is 25.2 Å². The number of fused-ring (bicyclic) bond motifs is 2. The van der Waals surface area contributed by atoms with Gasteiger partial charge in [0.25, 0.3) is 5.91 Å². The summed E-state index contributed by atoms with van der Waals surface area (Å²) < 4.78 is 40.4. The molecule has 1 amide bonds. The van der Waals surface area contributed by atoms with Crippen molar-refractivity contribution in [1.29, 1.82) is 0 Å². The highest BCUT2D eigenvalue weighted by Gasteiger charge is 2.31. The number of aromatic nitrogens is 1. The van der Waals surface area contributed by atoms with E-state index in [1.165, 1.54) is 12.1 Å². The van der Waals surface area contributed by atoms with Crippen molar-refractivity contribution in [1.82, 2.24) is 4.57 Å². The van der Waals surface area contributed by atoms with Crippen LogP contribution < -0.4 is 4.90 Å². The number of rotatable bonds is 1. The lowest BCUT2D eigenvalue weighted by molar-refractivity contribution is -0.137. The lowest BCUT2D eigenvalue weighted by Gasteiger charge is -2.23. The molecule has 0 atom stereocenters. The highest BCUT2D eigenvalue weighted by atomic mass is 19.4. The van der Waals surface area contributed by atoms with E-state index in [9.17, 15) is 18.0 Å². The van der Waals surface area contributed by atoms with Crippen molar-refractivity contribution >= 4 is 11.6 Å². The van der Waals surface area contributed by atoms with Crippen LogP contribution in [0.2, 0.25) is 0 Å². The first kappa shape index (κ1) is 17.4. The van der Waals surface area contributed by atoms with Gasteiger partial charge in [-0.15, -0.1) is 0 Å². The van der Waals surface area contributed by atoms with Crippen LogP contribution in [-0.2, 0) is 26.2 Å². The van der Waals surface area contributed by atoms with Crippen LogP contribution in [0.5, 0.6) is 0 Å². The van der Waals surface area contributed by atoms with Crippen LogP contribution in [0.25, 0.3) is 0 Å². The molecule has 0 aliphatic carbocycles. The van der Waals surface area contributed by atoms with Crippen LogP contribution in [0.1, 0.15) is 32.7 Å². The Morgan fingerprint density at radius 1 is 0.963 bits per heavy atom. The molecule has 3 aromatic rings. The average Bonchev–Trinajstić information content (AvgIpc) is 2.89. The standard InChI is InChI=1S/C21H17F3N2O/c1-25-11-10-16-13-26(18-5-3-2-4-15(18)12-19(16)25)20(27)14-6-8-17(9-7-14)21(22,23)24/h2-11H,12-13H2,1H3. The second kappa shape index (κ2) is 6.30. The van der Waals surface area contributed by atoms with Gasteiger partial charge in [-0.1, -0.05) is 18.2 Å². The minimum absolute atomic E-state index is 0.234. The SMILES string of the molecule is Cn1ccc2c1Cc1ccccc1N(C(=O)c1ccc(C(F)(F)F)cc1)C2. The van der Waals surface area contributed by atoms with Crippen LogP contribution in [0, 0.1) is 0 Å². The van der Waals surface area contributed by atoms with E-state index in [0.717, 1.165) is 34.6 Å². The Bertz CT molecular complexity index is 1000. The van der Waals surface area contributed by atoms with Gasteiger partial charge in [0.15, 0.2) is 0 Å². The second-order valence-corrected chi connectivity index (χ2v) is 6.67. The summed E-state index contributed by atoms with van der Waals surface area (Å²) in [5.41, 5.74) is 3.44. The zero-order chi connectivity index (χ0) is 19.2. The van der Waals surface area contributed by atoms with E-state index in [-0.39, 0.29) is 11.5 Å². The first-order valence-electron chi connectivity index (χ1n) is 8.54. The quantitative estimate of drug-likeness (QED) is 0.604. The molecule has 1 aromatic heterocycles. The predicted molar refractivity (Wildman–Crippen MR) is 96.6 cm³/mol. The number of carbonyl (C=O) groups excluding carboxylic acids is 1. The van der Waals surface area contributed by atoms with E-state index in [1.807, 2.05) is 48.1 Å². The molecule has 0 spiro atoms. The summed E-state index contributed by atoms with van der Waals surface area (Å²) in [7, 11) is 1.97. The van der Waals surface area contributed by atoms with E-state index < -0.39 is 11.7 Å². The molecule has 6 heteroatoms. The third kappa shape index (κ3) is 3.12. The van der Waals surface area contributed by atoms with E-state index in [2.05, 4.69) is 0 Å². The molecule has 2 heterocycles. The summed E-state index contributed by atoms with van der Waals surface area (Å²) in [6.07, 6.45) is -1.76. The van der Waals surface area contributed by atoms with Gasteiger partial charge in [-0.05, 0) is 47.5 Å². The highest BCUT2D eigenvalue weighted by molar-refractivity contribution is 6.06. The van der Waals surface area contributed by atoms with Gasteiger partial charge in [0, 0.05) is 36.6 Å². The maximum atomic E-state index is 13.1. The Morgan fingerprint density at radius 3 is 2.37 bits per heavy atom. The van der Waals surface area contributed by atoms with Gasteiger partial charge in [-0.3, -0.25) is 4.79 Å². The van der Waals surface area contributed by atoms with Gasteiger partial charge in [-0.2, -0.15) is 13.2 Å². The molecule has 2 aromatic carbocycles. The number of anilines is 1. The zero-order valence-corrected chi connectivity index (χ0v) is 14.6. The van der Waals surface area contributed by atoms with Gasteiger partial charge in [0.2, 0.25) is 0 Å². The minimum Gasteiger partial charge on any atom is -0.354 e. The van der Waals surface area contributed by atoms with E-state index in [0.29, 0.717) is 13.0 Å². The fraction of sp³-hybridized carbons (Fsp3) is 0.190. The number of halogens is 3. The van der Waals surface area contributed by atoms with Crippen molar-refractivity contribution in [3.05, 3.63) is 88.7 Å². The van der Waals surface area contributed by atoms with Crippen LogP contribution in [0.4, 0.5) is 18.9 Å². The smallest absolute Gasteiger partial charge is 0.354 e. The Balaban J connectivity index is 1.74. The Labute approximate surface area is 154 Å². The molecule has 0 N–H and O–H groups in total. The first-order chi connectivity index (χ1) is 12.8. The summed E-state index contributed by atoms with van der Waals surface area (Å²) in [6, 6.07) is 14.0. The molecular weight excluding hydrogens is 353 g/mol. The molecule has 1 aliphatic rings. The molecule has 0 saturated carbocycles. The van der Waals surface area contributed by atoms with Crippen molar-refractivity contribution in [2.24, 2.45) is 7.05 Å². The van der Waals surface area contributed by atoms with Crippen molar-refractivity contribution < 1.29 is 18.0 Å². The summed E-state index contributed by atoms with van der Waals surface area (Å²) in [4.78, 5) is 14.8. The molecule has 0 bridgehead atoms. The Kier molecular flexibility index (Phi) is 4.06. The molecule has 27 heavy (non-hydrogen) atoms. The van der Waals surface area contributed by atoms with Crippen molar-refractivity contribution in [2.75, 3.05) is 4.90 Å². The Morgan fingerprint density at radius 2 is 1.67 bits per heavy atom. The van der Waals surface area contributed by atoms with Crippen molar-refractivity contribution in [2.45, 2.75) is 19.1 Å². The van der Waals surface area contributed by atoms with Crippen LogP contribution in [0.3, 0.4) is 0 Å². The number of para-hydroxylation sites is 1. The normalized spacial score (nSPS) is 13.7. The number of carbonyl (C=O) groups is 1. The summed E-state index contributed by atoms with van der Waals surface area (Å²) >= 11 is 0. The van der Waals surface area contributed by atoms with E-state index in [1.54, 1.807) is 4.90 Å². The van der Waals surface area contributed by atoms with Gasteiger partial charge in [-0.25, -0.2) is 0 Å². The lowest BCUT2D eigenvalue weighted by atomic mass is 10.1. The number of hydrogen-bond acceptors (Lipinski definition) is 1. The number of amides is 1. The van der Waals surface area contributed by atoms with Gasteiger partial charge in [0.1, 0.15) is 0 Å². The monoisotopic (exact) mass is 370 g/mol. The number of nitrogens with zero attached hydrogens (tertiary/aromatic N) is 2. The lowest BCUT2D eigenvalue weighted by Crippen LogP contribution is -2.30. The van der Waals surface area contributed by atoms with Gasteiger partial charge >= 0.3 is 6.18 Å². The third-order valence-electron chi connectivity index (χ3n) is 4.97. The summed E-state index contributed by atoms with van der Waals surface area (Å²) in [5.74, 6) is -0.312. The third-order valence-corrected chi connectivity index (χ3v) is 4.97. The molecule has 0 unspecified atom stereocenters. The molecular formula is C21H17F3N2O. The minimum atomic E-state index is -4.42. The summed E-state index contributed by atoms with van der Waals surface area (Å²) in [5, 5.41) is 0.